The highest BCUT2D eigenvalue weighted by Gasteiger charge is 2.24. The lowest BCUT2D eigenvalue weighted by Gasteiger charge is -2.28. The Bertz CT molecular complexity index is 2240. The van der Waals surface area contributed by atoms with Crippen molar-refractivity contribution in [2.45, 2.75) is 451 Å². The number of carbonyl (C=O) groups excluding carboxylic acids is 4. The molecule has 112 heavy (non-hydrogen) atoms. The van der Waals surface area contributed by atoms with E-state index >= 15 is 0 Å². The Balaban J connectivity index is 0. The van der Waals surface area contributed by atoms with Crippen LogP contribution in [0.4, 0.5) is 0 Å². The van der Waals surface area contributed by atoms with Crippen LogP contribution in [0.15, 0.2) is 24.3 Å². The molecule has 0 aliphatic rings. The Morgan fingerprint density at radius 1 is 0.268 bits per heavy atom. The number of hydrogen-bond acceptors (Lipinski definition) is 16. The van der Waals surface area contributed by atoms with Gasteiger partial charge in [-0.2, -0.15) is 0 Å². The summed E-state index contributed by atoms with van der Waals surface area (Å²) in [6, 6.07) is 0. The summed E-state index contributed by atoms with van der Waals surface area (Å²) in [6.07, 6.45) is 82.1. The number of phosphoric acid groups is 2. The molecule has 664 valence electrons. The summed E-state index contributed by atoms with van der Waals surface area (Å²) in [5.74, 6) is -1.76. The van der Waals surface area contributed by atoms with Gasteiger partial charge in [0.05, 0.1) is 55.5 Å². The average Bonchev–Trinajstić information content (AvgIpc) is 0.906. The lowest BCUT2D eigenvalue weighted by molar-refractivity contribution is -0.870. The normalized spacial score (nSPS) is 13.6. The second-order valence-electron chi connectivity index (χ2n) is 34.3. The first kappa shape index (κ1) is 112. The molecule has 0 spiro atoms. The van der Waals surface area contributed by atoms with Crippen LogP contribution in [0.3, 0.4) is 0 Å². The van der Waals surface area contributed by atoms with E-state index in [0.29, 0.717) is 34.9 Å². The Morgan fingerprint density at radius 2 is 0.473 bits per heavy atom. The summed E-state index contributed by atoms with van der Waals surface area (Å²) in [7, 11) is 2.32. The van der Waals surface area contributed by atoms with E-state index < -0.39 is 53.0 Å². The lowest BCUT2D eigenvalue weighted by atomic mass is 10.0. The van der Waals surface area contributed by atoms with Gasteiger partial charge in [0.2, 0.25) is 0 Å². The maximum absolute atomic E-state index is 12.7. The number of nitrogens with zero attached hydrogens (tertiary/aromatic N) is 2. The zero-order chi connectivity index (χ0) is 82.9. The highest BCUT2D eigenvalue weighted by Crippen LogP contribution is 2.39. The van der Waals surface area contributed by atoms with Crippen molar-refractivity contribution >= 4 is 39.5 Å². The molecule has 0 bridgehead atoms. The number of rotatable bonds is 86. The van der Waals surface area contributed by atoms with Crippen molar-refractivity contribution < 1.29 is 84.1 Å². The minimum absolute atomic E-state index is 0.0331. The van der Waals surface area contributed by atoms with Crippen LogP contribution in [0.2, 0.25) is 0 Å². The Kier molecular flexibility index (Phi) is 81.9. The molecule has 0 heterocycles. The van der Waals surface area contributed by atoms with Crippen LogP contribution in [-0.2, 0) is 65.4 Å². The first-order chi connectivity index (χ1) is 54.0. The highest BCUT2D eigenvalue weighted by molar-refractivity contribution is 7.46. The van der Waals surface area contributed by atoms with Crippen LogP contribution in [0.25, 0.3) is 0 Å². The largest absolute Gasteiger partial charge is 0.756 e. The molecule has 0 radical (unpaired) electrons. The van der Waals surface area contributed by atoms with Gasteiger partial charge >= 0.3 is 23.9 Å². The number of quaternary nitrogens is 2. The number of allylic oxidation sites excluding steroid dienone is 4. The van der Waals surface area contributed by atoms with Crippen LogP contribution in [0, 0.1) is 0 Å². The van der Waals surface area contributed by atoms with Gasteiger partial charge in [0.25, 0.3) is 15.6 Å². The van der Waals surface area contributed by atoms with Gasteiger partial charge in [-0.1, -0.05) is 386 Å². The third-order valence-corrected chi connectivity index (χ3v) is 22.5. The van der Waals surface area contributed by atoms with Gasteiger partial charge in [-0.15, -0.1) is 0 Å². The summed E-state index contributed by atoms with van der Waals surface area (Å²) < 4.78 is 67.8. The molecule has 0 amide bonds. The fourth-order valence-electron chi connectivity index (χ4n) is 13.2. The number of ether oxygens (including phenoxy) is 4. The van der Waals surface area contributed by atoms with Gasteiger partial charge in [0, 0.05) is 25.7 Å². The number of likely N-dealkylation sites (N-methyl/N-ethyl adjacent to an activating group) is 2. The predicted molar refractivity (Wildman–Crippen MR) is 463 cm³/mol. The van der Waals surface area contributed by atoms with E-state index in [0.717, 1.165) is 64.2 Å². The smallest absolute Gasteiger partial charge is 0.306 e. The first-order valence-electron chi connectivity index (χ1n) is 46.8. The number of esters is 4. The van der Waals surface area contributed by atoms with Crippen molar-refractivity contribution in [2.24, 2.45) is 0 Å². The molecule has 4 atom stereocenters. The third kappa shape index (κ3) is 91.4. The lowest BCUT2D eigenvalue weighted by Crippen LogP contribution is -2.37. The first-order valence-corrected chi connectivity index (χ1v) is 49.7. The predicted octanol–water partition coefficient (Wildman–Crippen LogP) is 25.5. The van der Waals surface area contributed by atoms with Crippen molar-refractivity contribution in [1.82, 2.24) is 0 Å². The Morgan fingerprint density at radius 3 is 0.696 bits per heavy atom. The van der Waals surface area contributed by atoms with Gasteiger partial charge in [-0.25, -0.2) is 0 Å². The molecule has 0 aromatic carbocycles. The van der Waals surface area contributed by atoms with Gasteiger partial charge in [0.15, 0.2) is 12.2 Å². The highest BCUT2D eigenvalue weighted by atomic mass is 31.2. The summed E-state index contributed by atoms with van der Waals surface area (Å²) in [5.41, 5.74) is 0. The molecule has 0 rings (SSSR count). The van der Waals surface area contributed by atoms with Crippen molar-refractivity contribution in [3.8, 4) is 0 Å². The zero-order valence-electron chi connectivity index (χ0n) is 74.7. The maximum Gasteiger partial charge on any atom is 0.306 e. The van der Waals surface area contributed by atoms with E-state index in [-0.39, 0.29) is 64.0 Å². The van der Waals surface area contributed by atoms with Crippen molar-refractivity contribution in [3.05, 3.63) is 24.3 Å². The molecular weight excluding hydrogens is 1450 g/mol. The fourth-order valence-corrected chi connectivity index (χ4v) is 14.7. The minimum atomic E-state index is -4.63. The molecule has 20 heteroatoms. The van der Waals surface area contributed by atoms with Crippen LogP contribution in [0.5, 0.6) is 0 Å². The number of carbonyl (C=O) groups is 4. The third-order valence-electron chi connectivity index (χ3n) is 20.6. The van der Waals surface area contributed by atoms with E-state index in [1.165, 1.54) is 308 Å². The molecule has 0 saturated carbocycles. The van der Waals surface area contributed by atoms with E-state index in [2.05, 4.69) is 39.8 Å². The molecule has 0 aromatic rings. The van der Waals surface area contributed by atoms with Gasteiger partial charge < -0.3 is 55.8 Å². The fraction of sp³-hybridized carbons (Fsp3) is 0.913. The van der Waals surface area contributed by atoms with Gasteiger partial charge in [-0.05, 0) is 51.4 Å². The van der Waals surface area contributed by atoms with Gasteiger partial charge in [-0.3, -0.25) is 28.3 Å². The molecule has 0 fully saturated rings. The molecule has 18 nitrogen and oxygen atoms in total. The van der Waals surface area contributed by atoms with Crippen molar-refractivity contribution in [2.75, 3.05) is 95.0 Å². The second kappa shape index (κ2) is 82.2. The molecule has 0 N–H and O–H groups in total. The van der Waals surface area contributed by atoms with Crippen LogP contribution in [0.1, 0.15) is 439 Å². The maximum atomic E-state index is 12.7. The van der Waals surface area contributed by atoms with E-state index in [1.807, 2.05) is 54.4 Å². The quantitative estimate of drug-likeness (QED) is 0.0138. The SMILES string of the molecule is CCCCCCCCCCCCCCC/C=C\CCC(=O)OC(COC(=O)CCCCCCCCCCCCCCCCC)COP(=O)([O-])OCC[N+](C)(C)C.CCCCCCCCCCCCCCCCC/C=C\CCC(=O)OC(COC(=O)CCCCCCCCCCCCCCC)COP(=O)([O-])OCC[N+](C)(C)C. The summed E-state index contributed by atoms with van der Waals surface area (Å²) in [4.78, 5) is 75.0. The summed E-state index contributed by atoms with van der Waals surface area (Å²) in [5, 5.41) is 0. The standard InChI is InChI=1S/2C46H90NO8P/c1-6-8-10-12-14-16-18-20-21-22-23-24-25-27-29-31-33-35-37-39-46(49)55-44(43-54-56(50,51)53-41-40-47(3,4)5)42-52-45(48)38-36-34-32-30-28-26-19-17-15-13-11-9-7-2;1-6-8-10-12-14-16-18-20-22-23-25-27-29-31-33-35-37-39-46(49)55-44(43-54-56(50,51)53-41-40-47(3,4)5)42-52-45(48)38-36-34-32-30-28-26-24-21-19-17-15-13-11-9-7-2/h2*33,35,44H,6-32,34,36-43H2,1-5H3/b2*35-33-. The van der Waals surface area contributed by atoms with E-state index in [4.69, 9.17) is 37.0 Å². The molecule has 0 aliphatic heterocycles. The molecule has 4 unspecified atom stereocenters. The monoisotopic (exact) mass is 1630 g/mol. The Labute approximate surface area is 690 Å². The summed E-state index contributed by atoms with van der Waals surface area (Å²) in [6.45, 7) is 8.44. The zero-order valence-corrected chi connectivity index (χ0v) is 76.5. The molecule has 0 aromatic heterocycles. The molecular formula is C92H180N2O16P2. The number of hydrogen-bond donors (Lipinski definition) is 0. The minimum Gasteiger partial charge on any atom is -0.756 e. The number of unbranched alkanes of at least 4 members (excludes halogenated alkanes) is 54. The summed E-state index contributed by atoms with van der Waals surface area (Å²) >= 11 is 0. The topological polar surface area (TPSA) is 222 Å². The van der Waals surface area contributed by atoms with Crippen LogP contribution < -0.4 is 9.79 Å². The Hall–Kier alpha value is -2.50. The van der Waals surface area contributed by atoms with Crippen LogP contribution >= 0.6 is 15.6 Å². The van der Waals surface area contributed by atoms with Crippen molar-refractivity contribution in [3.63, 3.8) is 0 Å². The molecule has 0 saturated heterocycles. The molecule has 0 aliphatic carbocycles. The number of phosphoric ester groups is 2. The second-order valence-corrected chi connectivity index (χ2v) is 37.1. The van der Waals surface area contributed by atoms with E-state index in [9.17, 15) is 38.1 Å². The van der Waals surface area contributed by atoms with Crippen LogP contribution in [-0.4, -0.2) is 140 Å². The van der Waals surface area contributed by atoms with Gasteiger partial charge in [0.1, 0.15) is 39.5 Å². The van der Waals surface area contributed by atoms with E-state index in [1.54, 1.807) is 0 Å². The average molecular weight is 1630 g/mol. The van der Waals surface area contributed by atoms with Crippen molar-refractivity contribution in [1.29, 1.82) is 0 Å².